The predicted octanol–water partition coefficient (Wildman–Crippen LogP) is 2.46. The number of anilines is 1. The lowest BCUT2D eigenvalue weighted by atomic mass is 9.94. The van der Waals surface area contributed by atoms with Crippen LogP contribution in [0.2, 0.25) is 0 Å². The molecule has 2 aromatic rings. The Labute approximate surface area is 124 Å². The highest BCUT2D eigenvalue weighted by Gasteiger charge is 2.43. The van der Waals surface area contributed by atoms with E-state index in [4.69, 9.17) is 4.74 Å². The SMILES string of the molecule is Cc1ccnc(N2CCOC3(CCc4ccccc43)C2)n1. The molecule has 1 unspecified atom stereocenters. The van der Waals surface area contributed by atoms with Crippen molar-refractivity contribution in [2.24, 2.45) is 0 Å². The summed E-state index contributed by atoms with van der Waals surface area (Å²) < 4.78 is 6.24. The van der Waals surface area contributed by atoms with Gasteiger partial charge in [-0.25, -0.2) is 9.97 Å². The molecule has 0 N–H and O–H groups in total. The Morgan fingerprint density at radius 3 is 3.05 bits per heavy atom. The number of hydrogen-bond acceptors (Lipinski definition) is 4. The van der Waals surface area contributed by atoms with Gasteiger partial charge in [-0.2, -0.15) is 0 Å². The van der Waals surface area contributed by atoms with Gasteiger partial charge in [0.15, 0.2) is 0 Å². The molecule has 0 radical (unpaired) electrons. The van der Waals surface area contributed by atoms with Gasteiger partial charge in [0.1, 0.15) is 5.60 Å². The number of nitrogens with zero attached hydrogens (tertiary/aromatic N) is 3. The lowest BCUT2D eigenvalue weighted by molar-refractivity contribution is -0.0596. The molecule has 2 aliphatic rings. The Balaban J connectivity index is 1.68. The Hall–Kier alpha value is -1.94. The van der Waals surface area contributed by atoms with Crippen LogP contribution in [0.5, 0.6) is 0 Å². The highest BCUT2D eigenvalue weighted by molar-refractivity contribution is 5.42. The summed E-state index contributed by atoms with van der Waals surface area (Å²) in [5.74, 6) is 0.821. The van der Waals surface area contributed by atoms with E-state index < -0.39 is 0 Å². The van der Waals surface area contributed by atoms with Crippen molar-refractivity contribution in [1.82, 2.24) is 9.97 Å². The smallest absolute Gasteiger partial charge is 0.225 e. The Bertz CT molecular complexity index is 669. The first-order valence-electron chi connectivity index (χ1n) is 7.54. The number of morpholine rings is 1. The zero-order chi connectivity index (χ0) is 14.3. The van der Waals surface area contributed by atoms with Crippen LogP contribution in [0.4, 0.5) is 5.95 Å². The molecule has 1 aliphatic heterocycles. The summed E-state index contributed by atoms with van der Waals surface area (Å²) in [7, 11) is 0. The molecular formula is C17H19N3O. The maximum absolute atomic E-state index is 6.24. The number of aromatic nitrogens is 2. The molecule has 0 amide bonds. The summed E-state index contributed by atoms with van der Waals surface area (Å²) in [5, 5.41) is 0. The van der Waals surface area contributed by atoms with Crippen LogP contribution in [-0.2, 0) is 16.8 Å². The van der Waals surface area contributed by atoms with Gasteiger partial charge in [0.2, 0.25) is 5.95 Å². The first kappa shape index (κ1) is 12.8. The zero-order valence-corrected chi connectivity index (χ0v) is 12.2. The highest BCUT2D eigenvalue weighted by Crippen LogP contribution is 2.42. The second kappa shape index (κ2) is 4.81. The summed E-state index contributed by atoms with van der Waals surface area (Å²) in [4.78, 5) is 11.3. The topological polar surface area (TPSA) is 38.2 Å². The van der Waals surface area contributed by atoms with Crippen molar-refractivity contribution < 1.29 is 4.74 Å². The van der Waals surface area contributed by atoms with Crippen molar-refractivity contribution >= 4 is 5.95 Å². The van der Waals surface area contributed by atoms with E-state index in [0.717, 1.165) is 44.2 Å². The van der Waals surface area contributed by atoms with Crippen LogP contribution < -0.4 is 4.90 Å². The second-order valence-corrected chi connectivity index (χ2v) is 5.92. The number of rotatable bonds is 1. The van der Waals surface area contributed by atoms with Gasteiger partial charge in [0, 0.05) is 18.4 Å². The number of fused-ring (bicyclic) bond motifs is 2. The van der Waals surface area contributed by atoms with Gasteiger partial charge in [-0.3, -0.25) is 0 Å². The normalized spacial score (nSPS) is 24.3. The van der Waals surface area contributed by atoms with E-state index in [1.165, 1.54) is 11.1 Å². The largest absolute Gasteiger partial charge is 0.367 e. The van der Waals surface area contributed by atoms with Crippen LogP contribution in [0.3, 0.4) is 0 Å². The molecule has 108 valence electrons. The van der Waals surface area contributed by atoms with Crippen molar-refractivity contribution in [3.8, 4) is 0 Å². The molecule has 21 heavy (non-hydrogen) atoms. The number of hydrogen-bond donors (Lipinski definition) is 0. The summed E-state index contributed by atoms with van der Waals surface area (Å²) in [5.41, 5.74) is 3.60. The summed E-state index contributed by atoms with van der Waals surface area (Å²) in [6, 6.07) is 10.6. The van der Waals surface area contributed by atoms with Gasteiger partial charge in [-0.05, 0) is 37.0 Å². The third-order valence-corrected chi connectivity index (χ3v) is 4.56. The maximum Gasteiger partial charge on any atom is 0.225 e. The van der Waals surface area contributed by atoms with Crippen molar-refractivity contribution in [3.05, 3.63) is 53.3 Å². The molecule has 4 heteroatoms. The first-order chi connectivity index (χ1) is 10.3. The predicted molar refractivity (Wildman–Crippen MR) is 81.4 cm³/mol. The molecule has 1 fully saturated rings. The lowest BCUT2D eigenvalue weighted by Crippen LogP contribution is -2.49. The summed E-state index contributed by atoms with van der Waals surface area (Å²) >= 11 is 0. The fraction of sp³-hybridized carbons (Fsp3) is 0.412. The lowest BCUT2D eigenvalue weighted by Gasteiger charge is -2.41. The van der Waals surface area contributed by atoms with Crippen LogP contribution in [0.25, 0.3) is 0 Å². The van der Waals surface area contributed by atoms with Gasteiger partial charge in [-0.15, -0.1) is 0 Å². The monoisotopic (exact) mass is 281 g/mol. The minimum atomic E-state index is -0.179. The summed E-state index contributed by atoms with van der Waals surface area (Å²) in [6.07, 6.45) is 3.98. The average Bonchev–Trinajstić information content (AvgIpc) is 2.86. The zero-order valence-electron chi connectivity index (χ0n) is 12.2. The van der Waals surface area contributed by atoms with Crippen LogP contribution in [0.15, 0.2) is 36.5 Å². The Morgan fingerprint density at radius 1 is 1.24 bits per heavy atom. The van der Waals surface area contributed by atoms with Crippen LogP contribution >= 0.6 is 0 Å². The summed E-state index contributed by atoms with van der Waals surface area (Å²) in [6.45, 7) is 4.43. The minimum absolute atomic E-state index is 0.179. The van der Waals surface area contributed by atoms with E-state index >= 15 is 0 Å². The Kier molecular flexibility index (Phi) is 2.93. The fourth-order valence-electron chi connectivity index (χ4n) is 3.51. The molecule has 4 nitrogen and oxygen atoms in total. The molecule has 0 bridgehead atoms. The average molecular weight is 281 g/mol. The highest BCUT2D eigenvalue weighted by atomic mass is 16.5. The van der Waals surface area contributed by atoms with Gasteiger partial charge in [-0.1, -0.05) is 24.3 Å². The van der Waals surface area contributed by atoms with Crippen molar-refractivity contribution in [3.63, 3.8) is 0 Å². The van der Waals surface area contributed by atoms with Crippen LogP contribution in [0, 0.1) is 6.92 Å². The van der Waals surface area contributed by atoms with Crippen molar-refractivity contribution in [2.75, 3.05) is 24.6 Å². The third-order valence-electron chi connectivity index (χ3n) is 4.56. The van der Waals surface area contributed by atoms with E-state index in [9.17, 15) is 0 Å². The molecule has 1 aromatic heterocycles. The van der Waals surface area contributed by atoms with E-state index in [1.807, 2.05) is 19.2 Å². The molecule has 1 saturated heterocycles. The number of benzene rings is 1. The first-order valence-corrected chi connectivity index (χ1v) is 7.54. The molecule has 1 spiro atoms. The van der Waals surface area contributed by atoms with Gasteiger partial charge < -0.3 is 9.64 Å². The van der Waals surface area contributed by atoms with E-state index in [-0.39, 0.29) is 5.60 Å². The maximum atomic E-state index is 6.24. The van der Waals surface area contributed by atoms with Crippen molar-refractivity contribution in [1.29, 1.82) is 0 Å². The minimum Gasteiger partial charge on any atom is -0.367 e. The second-order valence-electron chi connectivity index (χ2n) is 5.92. The number of aryl methyl sites for hydroxylation is 2. The van der Waals surface area contributed by atoms with E-state index in [0.29, 0.717) is 0 Å². The molecule has 1 aromatic carbocycles. The van der Waals surface area contributed by atoms with E-state index in [2.05, 4.69) is 39.1 Å². The van der Waals surface area contributed by atoms with Crippen LogP contribution in [0.1, 0.15) is 23.2 Å². The number of ether oxygens (including phenoxy) is 1. The van der Waals surface area contributed by atoms with Crippen molar-refractivity contribution in [2.45, 2.75) is 25.4 Å². The molecule has 4 rings (SSSR count). The van der Waals surface area contributed by atoms with Gasteiger partial charge >= 0.3 is 0 Å². The van der Waals surface area contributed by atoms with Gasteiger partial charge in [0.25, 0.3) is 0 Å². The third kappa shape index (κ3) is 2.10. The Morgan fingerprint density at radius 2 is 2.14 bits per heavy atom. The van der Waals surface area contributed by atoms with Gasteiger partial charge in [0.05, 0.1) is 13.2 Å². The molecule has 1 atom stereocenters. The molecule has 0 saturated carbocycles. The quantitative estimate of drug-likeness (QED) is 0.805. The fourth-order valence-corrected chi connectivity index (χ4v) is 3.51. The molecule has 1 aliphatic carbocycles. The van der Waals surface area contributed by atoms with Crippen LogP contribution in [-0.4, -0.2) is 29.7 Å². The molecular weight excluding hydrogens is 262 g/mol. The van der Waals surface area contributed by atoms with E-state index in [1.54, 1.807) is 0 Å². The standard InChI is InChI=1S/C17H19N3O/c1-13-7-9-18-16(19-13)20-10-11-21-17(12-20)8-6-14-4-2-3-5-15(14)17/h2-5,7,9H,6,8,10-12H2,1H3. The molecule has 2 heterocycles.